The van der Waals surface area contributed by atoms with Gasteiger partial charge in [0.25, 0.3) is 0 Å². The van der Waals surface area contributed by atoms with Gasteiger partial charge in [0.15, 0.2) is 0 Å². The van der Waals surface area contributed by atoms with Crippen LogP contribution in [0.4, 0.5) is 0 Å². The standard InChI is InChI=1S/C17H24N2O/c1-11(2)9-14-7-6-8-15(10-14)17(20)16-12(3)18-19(5)13(16)4/h6-8,10-11,17,20H,9H2,1-5H3. The number of aliphatic hydroxyl groups is 1. The molecule has 20 heavy (non-hydrogen) atoms. The maximum atomic E-state index is 10.7. The van der Waals surface area contributed by atoms with Gasteiger partial charge in [0, 0.05) is 18.3 Å². The van der Waals surface area contributed by atoms with Gasteiger partial charge >= 0.3 is 0 Å². The molecule has 108 valence electrons. The van der Waals surface area contributed by atoms with E-state index in [0.717, 1.165) is 28.9 Å². The number of hydrogen-bond acceptors (Lipinski definition) is 2. The van der Waals surface area contributed by atoms with E-state index >= 15 is 0 Å². The first-order chi connectivity index (χ1) is 9.40. The summed E-state index contributed by atoms with van der Waals surface area (Å²) in [4.78, 5) is 0. The van der Waals surface area contributed by atoms with Crippen molar-refractivity contribution in [1.29, 1.82) is 0 Å². The van der Waals surface area contributed by atoms with Gasteiger partial charge in [0.05, 0.1) is 5.69 Å². The summed E-state index contributed by atoms with van der Waals surface area (Å²) in [5.74, 6) is 0.615. The second kappa shape index (κ2) is 5.80. The van der Waals surface area contributed by atoms with Crippen LogP contribution in [-0.2, 0) is 13.5 Å². The van der Waals surface area contributed by atoms with Crippen LogP contribution in [-0.4, -0.2) is 14.9 Å². The molecule has 0 aliphatic rings. The minimum absolute atomic E-state index is 0.601. The lowest BCUT2D eigenvalue weighted by atomic mass is 9.95. The van der Waals surface area contributed by atoms with Gasteiger partial charge in [0.2, 0.25) is 0 Å². The number of nitrogens with zero attached hydrogens (tertiary/aromatic N) is 2. The molecule has 0 radical (unpaired) electrons. The van der Waals surface area contributed by atoms with E-state index in [0.29, 0.717) is 5.92 Å². The van der Waals surface area contributed by atoms with Crippen molar-refractivity contribution < 1.29 is 5.11 Å². The smallest absolute Gasteiger partial charge is 0.108 e. The summed E-state index contributed by atoms with van der Waals surface area (Å²) in [5, 5.41) is 15.1. The molecule has 3 heteroatoms. The van der Waals surface area contributed by atoms with Crippen molar-refractivity contribution in [1.82, 2.24) is 9.78 Å². The third kappa shape index (κ3) is 2.93. The van der Waals surface area contributed by atoms with Gasteiger partial charge in [-0.2, -0.15) is 5.10 Å². The number of aliphatic hydroxyl groups excluding tert-OH is 1. The predicted octanol–water partition coefficient (Wildman–Crippen LogP) is 3.32. The zero-order chi connectivity index (χ0) is 14.9. The van der Waals surface area contributed by atoms with Crippen molar-refractivity contribution in [3.05, 3.63) is 52.3 Å². The van der Waals surface area contributed by atoms with Crippen molar-refractivity contribution in [2.75, 3.05) is 0 Å². The molecule has 1 aromatic heterocycles. The summed E-state index contributed by atoms with van der Waals surface area (Å²) in [6.45, 7) is 8.36. The Balaban J connectivity index is 2.35. The van der Waals surface area contributed by atoms with Gasteiger partial charge in [-0.25, -0.2) is 0 Å². The highest BCUT2D eigenvalue weighted by atomic mass is 16.3. The molecule has 0 aliphatic carbocycles. The van der Waals surface area contributed by atoms with Crippen molar-refractivity contribution in [3.63, 3.8) is 0 Å². The third-order valence-corrected chi connectivity index (χ3v) is 3.75. The second-order valence-corrected chi connectivity index (χ2v) is 5.95. The lowest BCUT2D eigenvalue weighted by molar-refractivity contribution is 0.218. The minimum Gasteiger partial charge on any atom is -0.384 e. The van der Waals surface area contributed by atoms with Gasteiger partial charge in [-0.05, 0) is 37.3 Å². The van der Waals surface area contributed by atoms with Crippen LogP contribution in [0.5, 0.6) is 0 Å². The molecule has 0 bridgehead atoms. The summed E-state index contributed by atoms with van der Waals surface area (Å²) >= 11 is 0. The largest absolute Gasteiger partial charge is 0.384 e. The van der Waals surface area contributed by atoms with E-state index in [1.165, 1.54) is 5.56 Å². The average molecular weight is 272 g/mol. The fourth-order valence-corrected chi connectivity index (χ4v) is 2.71. The molecule has 1 N–H and O–H groups in total. The Hall–Kier alpha value is -1.61. The number of aromatic nitrogens is 2. The van der Waals surface area contributed by atoms with Gasteiger partial charge in [0.1, 0.15) is 6.10 Å². The summed E-state index contributed by atoms with van der Waals surface area (Å²) in [7, 11) is 1.91. The first kappa shape index (κ1) is 14.8. The predicted molar refractivity (Wildman–Crippen MR) is 81.7 cm³/mol. The van der Waals surface area contributed by atoms with Gasteiger partial charge in [-0.3, -0.25) is 4.68 Å². The topological polar surface area (TPSA) is 38.0 Å². The number of aryl methyl sites for hydroxylation is 2. The average Bonchev–Trinajstić information content (AvgIpc) is 2.62. The molecule has 0 aliphatic heterocycles. The first-order valence-corrected chi connectivity index (χ1v) is 7.17. The van der Waals surface area contributed by atoms with E-state index < -0.39 is 6.10 Å². The van der Waals surface area contributed by atoms with Crippen LogP contribution >= 0.6 is 0 Å². The summed E-state index contributed by atoms with van der Waals surface area (Å²) in [6, 6.07) is 8.24. The maximum absolute atomic E-state index is 10.7. The van der Waals surface area contributed by atoms with Crippen LogP contribution < -0.4 is 0 Å². The highest BCUT2D eigenvalue weighted by Gasteiger charge is 2.19. The van der Waals surface area contributed by atoms with E-state index in [9.17, 15) is 5.11 Å². The molecule has 1 unspecified atom stereocenters. The van der Waals surface area contributed by atoms with E-state index in [2.05, 4.69) is 31.1 Å². The highest BCUT2D eigenvalue weighted by molar-refractivity contribution is 5.37. The Morgan fingerprint density at radius 2 is 1.95 bits per heavy atom. The Bertz CT molecular complexity index is 599. The molecule has 1 atom stereocenters. The molecule has 3 nitrogen and oxygen atoms in total. The minimum atomic E-state index is -0.601. The fraction of sp³-hybridized carbons (Fsp3) is 0.471. The fourth-order valence-electron chi connectivity index (χ4n) is 2.71. The van der Waals surface area contributed by atoms with Gasteiger partial charge < -0.3 is 5.11 Å². The molecular formula is C17H24N2O. The van der Waals surface area contributed by atoms with Crippen molar-refractivity contribution >= 4 is 0 Å². The molecule has 0 amide bonds. The van der Waals surface area contributed by atoms with Crippen molar-refractivity contribution in [3.8, 4) is 0 Å². The van der Waals surface area contributed by atoms with E-state index in [-0.39, 0.29) is 0 Å². The summed E-state index contributed by atoms with van der Waals surface area (Å²) in [6.07, 6.45) is 0.432. The molecule has 0 saturated heterocycles. The highest BCUT2D eigenvalue weighted by Crippen LogP contribution is 2.28. The number of hydrogen-bond donors (Lipinski definition) is 1. The van der Waals surface area contributed by atoms with Crippen LogP contribution in [0.1, 0.15) is 48.0 Å². The molecule has 2 rings (SSSR count). The zero-order valence-electron chi connectivity index (χ0n) is 13.0. The first-order valence-electron chi connectivity index (χ1n) is 7.17. The lowest BCUT2D eigenvalue weighted by Crippen LogP contribution is -2.04. The molecule has 1 aromatic carbocycles. The van der Waals surface area contributed by atoms with Crippen LogP contribution in [0.3, 0.4) is 0 Å². The van der Waals surface area contributed by atoms with Crippen molar-refractivity contribution in [2.24, 2.45) is 13.0 Å². The normalized spacial score (nSPS) is 12.9. The maximum Gasteiger partial charge on any atom is 0.108 e. The molecule has 0 saturated carbocycles. The van der Waals surface area contributed by atoms with Crippen molar-refractivity contribution in [2.45, 2.75) is 40.2 Å². The van der Waals surface area contributed by atoms with Crippen LogP contribution in [0.25, 0.3) is 0 Å². The van der Waals surface area contributed by atoms with Gasteiger partial charge in [-0.1, -0.05) is 38.1 Å². The molecule has 0 spiro atoms. The van der Waals surface area contributed by atoms with Crippen LogP contribution in [0.2, 0.25) is 0 Å². The molecule has 1 heterocycles. The molecule has 0 fully saturated rings. The number of rotatable bonds is 4. The molecule has 2 aromatic rings. The Morgan fingerprint density at radius 3 is 2.50 bits per heavy atom. The Kier molecular flexibility index (Phi) is 4.29. The van der Waals surface area contributed by atoms with Gasteiger partial charge in [-0.15, -0.1) is 0 Å². The van der Waals surface area contributed by atoms with E-state index in [1.54, 1.807) is 0 Å². The number of benzene rings is 1. The zero-order valence-corrected chi connectivity index (χ0v) is 13.0. The van der Waals surface area contributed by atoms with Crippen LogP contribution in [0, 0.1) is 19.8 Å². The Labute approximate surface area is 121 Å². The lowest BCUT2D eigenvalue weighted by Gasteiger charge is -2.14. The van der Waals surface area contributed by atoms with E-state index in [1.807, 2.05) is 37.7 Å². The summed E-state index contributed by atoms with van der Waals surface area (Å²) < 4.78 is 1.83. The SMILES string of the molecule is Cc1nn(C)c(C)c1C(O)c1cccc(CC(C)C)c1. The van der Waals surface area contributed by atoms with E-state index in [4.69, 9.17) is 0 Å². The third-order valence-electron chi connectivity index (χ3n) is 3.75. The summed E-state index contributed by atoms with van der Waals surface area (Å²) in [5.41, 5.74) is 5.06. The Morgan fingerprint density at radius 1 is 1.25 bits per heavy atom. The monoisotopic (exact) mass is 272 g/mol. The quantitative estimate of drug-likeness (QED) is 0.927. The second-order valence-electron chi connectivity index (χ2n) is 5.95. The van der Waals surface area contributed by atoms with Crippen LogP contribution in [0.15, 0.2) is 24.3 Å². The molecular weight excluding hydrogens is 248 g/mol.